The molecule has 3 aromatic rings. The van der Waals surface area contributed by atoms with Crippen molar-refractivity contribution in [3.05, 3.63) is 80.8 Å². The normalized spacial score (nSPS) is 10.9. The summed E-state index contributed by atoms with van der Waals surface area (Å²) in [5, 5.41) is 11.2. The molecule has 0 aliphatic rings. The van der Waals surface area contributed by atoms with Crippen LogP contribution in [0.3, 0.4) is 0 Å². The Morgan fingerprint density at radius 1 is 1.12 bits per heavy atom. The number of ether oxygens (including phenoxy) is 1. The zero-order valence-electron chi connectivity index (χ0n) is 19.5. The number of nitrogens with zero attached hydrogens (tertiary/aromatic N) is 2. The highest BCUT2D eigenvalue weighted by atomic mass is 32.1. The predicted molar refractivity (Wildman–Crippen MR) is 132 cm³/mol. The zero-order valence-corrected chi connectivity index (χ0v) is 20.3. The van der Waals surface area contributed by atoms with E-state index in [4.69, 9.17) is 4.74 Å². The van der Waals surface area contributed by atoms with Crippen LogP contribution in [-0.4, -0.2) is 40.8 Å². The second-order valence-corrected chi connectivity index (χ2v) is 8.83. The van der Waals surface area contributed by atoms with E-state index in [1.54, 1.807) is 17.4 Å². The lowest BCUT2D eigenvalue weighted by Gasteiger charge is -2.06. The topological polar surface area (TPSA) is 102 Å². The van der Waals surface area contributed by atoms with E-state index in [-0.39, 0.29) is 0 Å². The molecule has 0 aliphatic heterocycles. The first kappa shape index (κ1) is 24.9. The molecule has 2 aromatic heterocycles. The summed E-state index contributed by atoms with van der Waals surface area (Å²) in [5.41, 5.74) is 4.85. The van der Waals surface area contributed by atoms with Gasteiger partial charge in [-0.3, -0.25) is 14.8 Å². The van der Waals surface area contributed by atoms with Gasteiger partial charge in [0.2, 0.25) is 0 Å². The molecule has 3 rings (SSSR count). The van der Waals surface area contributed by atoms with Gasteiger partial charge in [-0.05, 0) is 50.3 Å². The summed E-state index contributed by atoms with van der Waals surface area (Å²) in [4.78, 5) is 36.8. The van der Waals surface area contributed by atoms with Crippen LogP contribution in [0.2, 0.25) is 0 Å². The number of benzene rings is 1. The van der Waals surface area contributed by atoms with Crippen molar-refractivity contribution in [3.63, 3.8) is 0 Å². The quantitative estimate of drug-likeness (QED) is 0.360. The fraction of sp³-hybridized carbons (Fsp3) is 0.280. The Balaban J connectivity index is 1.44. The number of esters is 1. The van der Waals surface area contributed by atoms with Crippen LogP contribution in [-0.2, 0) is 27.3 Å². The van der Waals surface area contributed by atoms with Crippen molar-refractivity contribution in [1.82, 2.24) is 20.4 Å². The van der Waals surface area contributed by atoms with E-state index in [1.165, 1.54) is 11.6 Å². The second-order valence-electron chi connectivity index (χ2n) is 7.80. The van der Waals surface area contributed by atoms with Gasteiger partial charge in [0.05, 0.1) is 12.2 Å². The number of nitrogens with one attached hydrogen (secondary N) is 2. The van der Waals surface area contributed by atoms with Crippen LogP contribution in [0, 0.1) is 20.8 Å². The number of aromatic nitrogens is 2. The summed E-state index contributed by atoms with van der Waals surface area (Å²) in [6.07, 6.45) is 3.56. The Labute approximate surface area is 202 Å². The third-order valence-corrected chi connectivity index (χ3v) is 6.05. The van der Waals surface area contributed by atoms with Gasteiger partial charge in [-0.1, -0.05) is 35.9 Å². The number of hydrogen-bond donors (Lipinski definition) is 2. The molecule has 2 heterocycles. The van der Waals surface area contributed by atoms with E-state index in [0.717, 1.165) is 27.4 Å². The molecule has 0 saturated heterocycles. The lowest BCUT2D eigenvalue weighted by molar-refractivity contribution is -0.143. The lowest BCUT2D eigenvalue weighted by atomic mass is 10.1. The van der Waals surface area contributed by atoms with E-state index in [0.29, 0.717) is 19.5 Å². The Morgan fingerprint density at radius 2 is 1.88 bits per heavy atom. The minimum Gasteiger partial charge on any atom is -0.452 e. The molecule has 178 valence electrons. The summed E-state index contributed by atoms with van der Waals surface area (Å²) in [6, 6.07) is 11.5. The summed E-state index contributed by atoms with van der Waals surface area (Å²) < 4.78 is 6.82. The lowest BCUT2D eigenvalue weighted by Crippen LogP contribution is -2.42. The number of thiophene rings is 1. The maximum absolute atomic E-state index is 12.0. The molecule has 1 aromatic carbocycles. The summed E-state index contributed by atoms with van der Waals surface area (Å²) in [6.45, 7) is 6.32. The van der Waals surface area contributed by atoms with Gasteiger partial charge in [0.1, 0.15) is 0 Å². The van der Waals surface area contributed by atoms with Crippen LogP contribution in [0.25, 0.3) is 6.08 Å². The largest absolute Gasteiger partial charge is 0.452 e. The molecule has 0 aliphatic carbocycles. The number of carbonyl (C=O) groups excluding carboxylic acids is 3. The van der Waals surface area contributed by atoms with E-state index in [2.05, 4.69) is 40.0 Å². The second kappa shape index (κ2) is 11.9. The highest BCUT2D eigenvalue weighted by molar-refractivity contribution is 7.09. The van der Waals surface area contributed by atoms with E-state index >= 15 is 0 Å². The fourth-order valence-corrected chi connectivity index (χ4v) is 3.98. The van der Waals surface area contributed by atoms with Gasteiger partial charge in [0.15, 0.2) is 6.61 Å². The van der Waals surface area contributed by atoms with Crippen molar-refractivity contribution < 1.29 is 19.1 Å². The SMILES string of the molecule is Cc1ccc(Cn2nc(C)c(/C=C/C(=O)OCC(=O)NC(=O)NCCc3cccs3)c2C)cc1. The van der Waals surface area contributed by atoms with Crippen molar-refractivity contribution in [2.45, 2.75) is 33.7 Å². The fourth-order valence-electron chi connectivity index (χ4n) is 3.27. The van der Waals surface area contributed by atoms with E-state index in [9.17, 15) is 14.4 Å². The Bertz CT molecular complexity index is 1160. The Morgan fingerprint density at radius 3 is 2.59 bits per heavy atom. The monoisotopic (exact) mass is 480 g/mol. The smallest absolute Gasteiger partial charge is 0.331 e. The minimum atomic E-state index is -0.700. The molecule has 0 atom stereocenters. The molecule has 0 saturated carbocycles. The van der Waals surface area contributed by atoms with E-state index in [1.807, 2.05) is 43.0 Å². The van der Waals surface area contributed by atoms with Crippen LogP contribution in [0.4, 0.5) is 4.79 Å². The maximum atomic E-state index is 12.0. The molecule has 8 nitrogen and oxygen atoms in total. The zero-order chi connectivity index (χ0) is 24.5. The van der Waals surface area contributed by atoms with Gasteiger partial charge in [0, 0.05) is 28.8 Å². The first-order chi connectivity index (χ1) is 16.3. The number of imide groups is 1. The molecular formula is C25H28N4O4S. The number of hydrogen-bond acceptors (Lipinski definition) is 6. The summed E-state index contributed by atoms with van der Waals surface area (Å²) >= 11 is 1.60. The highest BCUT2D eigenvalue weighted by Crippen LogP contribution is 2.17. The number of amides is 3. The third kappa shape index (κ3) is 7.41. The van der Waals surface area contributed by atoms with Gasteiger partial charge in [-0.2, -0.15) is 5.10 Å². The predicted octanol–water partition coefficient (Wildman–Crippen LogP) is 3.54. The Kier molecular flexibility index (Phi) is 8.75. The summed E-state index contributed by atoms with van der Waals surface area (Å²) in [7, 11) is 0. The highest BCUT2D eigenvalue weighted by Gasteiger charge is 2.12. The minimum absolute atomic E-state index is 0.401. The molecule has 0 spiro atoms. The third-order valence-electron chi connectivity index (χ3n) is 5.11. The van der Waals surface area contributed by atoms with Crippen molar-refractivity contribution >= 4 is 35.3 Å². The maximum Gasteiger partial charge on any atom is 0.331 e. The van der Waals surface area contributed by atoms with Gasteiger partial charge in [-0.15, -0.1) is 11.3 Å². The van der Waals surface area contributed by atoms with Gasteiger partial charge in [0.25, 0.3) is 5.91 Å². The number of urea groups is 1. The first-order valence-corrected chi connectivity index (χ1v) is 11.7. The van der Waals surface area contributed by atoms with Gasteiger partial charge >= 0.3 is 12.0 Å². The van der Waals surface area contributed by atoms with Crippen molar-refractivity contribution in [3.8, 4) is 0 Å². The van der Waals surface area contributed by atoms with Gasteiger partial charge < -0.3 is 10.1 Å². The molecule has 3 amide bonds. The molecule has 9 heteroatoms. The number of rotatable bonds is 9. The number of aryl methyl sites for hydroxylation is 2. The molecule has 34 heavy (non-hydrogen) atoms. The van der Waals surface area contributed by atoms with Crippen LogP contribution < -0.4 is 10.6 Å². The standard InChI is InChI=1S/C25H28N4O4S/c1-17-6-8-20(9-7-17)15-29-19(3)22(18(2)28-29)10-11-24(31)33-16-23(30)27-25(32)26-13-12-21-5-4-14-34-21/h4-11,14H,12-13,15-16H2,1-3H3,(H2,26,27,30,32)/b11-10+. The van der Waals surface area contributed by atoms with Gasteiger partial charge in [-0.25, -0.2) is 9.59 Å². The molecule has 0 radical (unpaired) electrons. The number of carbonyl (C=O) groups is 3. The molecule has 2 N–H and O–H groups in total. The average molecular weight is 481 g/mol. The van der Waals surface area contributed by atoms with Crippen molar-refractivity contribution in [2.75, 3.05) is 13.2 Å². The molecular weight excluding hydrogens is 452 g/mol. The summed E-state index contributed by atoms with van der Waals surface area (Å²) in [5.74, 6) is -1.38. The van der Waals surface area contributed by atoms with Crippen LogP contribution in [0.1, 0.15) is 33.0 Å². The molecule has 0 unspecified atom stereocenters. The van der Waals surface area contributed by atoms with Crippen molar-refractivity contribution in [1.29, 1.82) is 0 Å². The van der Waals surface area contributed by atoms with Crippen LogP contribution in [0.5, 0.6) is 0 Å². The van der Waals surface area contributed by atoms with Crippen LogP contribution in [0.15, 0.2) is 47.9 Å². The molecule has 0 bridgehead atoms. The first-order valence-electron chi connectivity index (χ1n) is 10.9. The molecule has 0 fully saturated rings. The van der Waals surface area contributed by atoms with Crippen molar-refractivity contribution in [2.24, 2.45) is 0 Å². The Hall–Kier alpha value is -3.72. The average Bonchev–Trinajstić information content (AvgIpc) is 3.40. The van der Waals surface area contributed by atoms with E-state index < -0.39 is 24.5 Å². The van der Waals surface area contributed by atoms with Crippen LogP contribution >= 0.6 is 11.3 Å².